The van der Waals surface area contributed by atoms with Crippen LogP contribution in [0.5, 0.6) is 0 Å². The fraction of sp³-hybridized carbons (Fsp3) is 0.250. The van der Waals surface area contributed by atoms with E-state index in [0.29, 0.717) is 5.56 Å². The lowest BCUT2D eigenvalue weighted by molar-refractivity contribution is -0.155. The van der Waals surface area contributed by atoms with E-state index < -0.39 is 30.4 Å². The Morgan fingerprint density at radius 1 is 0.882 bits per heavy atom. The molecule has 3 rings (SSSR count). The van der Waals surface area contributed by atoms with Crippen LogP contribution in [0, 0.1) is 11.8 Å². The van der Waals surface area contributed by atoms with E-state index in [0.717, 1.165) is 33.2 Å². The number of nitrogens with zero attached hydrogens (tertiary/aromatic N) is 1. The molecular formula is C28H27NO5. The average molecular weight is 458 g/mol. The number of fused-ring (bicyclic) bond motifs is 1. The highest BCUT2D eigenvalue weighted by atomic mass is 16.5. The zero-order chi connectivity index (χ0) is 24.5. The molecule has 1 atom stereocenters. The maximum Gasteiger partial charge on any atom is 0.328 e. The molecule has 0 aromatic heterocycles. The lowest BCUT2D eigenvalue weighted by Gasteiger charge is -2.27. The molecule has 0 radical (unpaired) electrons. The fourth-order valence-electron chi connectivity index (χ4n) is 3.58. The van der Waals surface area contributed by atoms with Crippen molar-refractivity contribution in [3.05, 3.63) is 83.4 Å². The summed E-state index contributed by atoms with van der Waals surface area (Å²) in [5, 5.41) is 2.06. The normalized spacial score (nSPS) is 11.1. The highest BCUT2D eigenvalue weighted by Gasteiger charge is 2.32. The number of aryl methyl sites for hydroxylation is 1. The second-order valence-electron chi connectivity index (χ2n) is 7.73. The standard InChI is InChI=1S/C28H27NO5/c1-4-20-9-11-22(12-10-20)18-25(28(32)34-3)29(19-27(31)33-2)26(30)16-14-21-13-15-23-7-5-6-8-24(23)17-21/h5-13,15,17,25H,4,18-19H2,1-3H3. The Morgan fingerprint density at radius 2 is 1.56 bits per heavy atom. The molecule has 0 N–H and O–H groups in total. The van der Waals surface area contributed by atoms with Crippen molar-refractivity contribution < 1.29 is 23.9 Å². The van der Waals surface area contributed by atoms with Crippen molar-refractivity contribution in [3.63, 3.8) is 0 Å². The van der Waals surface area contributed by atoms with Crippen LogP contribution in [-0.2, 0) is 36.7 Å². The monoisotopic (exact) mass is 457 g/mol. The minimum Gasteiger partial charge on any atom is -0.468 e. The van der Waals surface area contributed by atoms with Gasteiger partial charge in [-0.3, -0.25) is 9.59 Å². The SMILES string of the molecule is CCc1ccc(CC(C(=O)OC)N(CC(=O)OC)C(=O)C#Cc2ccc3ccccc3c2)cc1. The molecule has 0 aliphatic rings. The highest BCUT2D eigenvalue weighted by molar-refractivity contribution is 5.98. The van der Waals surface area contributed by atoms with Crippen molar-refractivity contribution in [2.75, 3.05) is 20.8 Å². The van der Waals surface area contributed by atoms with Gasteiger partial charge in [-0.05, 0) is 40.5 Å². The first-order valence-electron chi connectivity index (χ1n) is 11.0. The van der Waals surface area contributed by atoms with Gasteiger partial charge in [0, 0.05) is 17.9 Å². The molecule has 34 heavy (non-hydrogen) atoms. The summed E-state index contributed by atoms with van der Waals surface area (Å²) in [4.78, 5) is 39.0. The van der Waals surface area contributed by atoms with Crippen LogP contribution in [0.15, 0.2) is 66.7 Å². The molecule has 0 aliphatic heterocycles. The van der Waals surface area contributed by atoms with Crippen LogP contribution in [0.25, 0.3) is 10.8 Å². The highest BCUT2D eigenvalue weighted by Crippen LogP contribution is 2.16. The number of methoxy groups -OCH3 is 2. The van der Waals surface area contributed by atoms with E-state index in [1.54, 1.807) is 0 Å². The molecule has 0 saturated carbocycles. The van der Waals surface area contributed by atoms with Crippen LogP contribution in [0.4, 0.5) is 0 Å². The van der Waals surface area contributed by atoms with E-state index in [1.807, 2.05) is 66.7 Å². The van der Waals surface area contributed by atoms with Crippen molar-refractivity contribution in [2.45, 2.75) is 25.8 Å². The molecular weight excluding hydrogens is 430 g/mol. The van der Waals surface area contributed by atoms with Gasteiger partial charge >= 0.3 is 11.9 Å². The van der Waals surface area contributed by atoms with Crippen LogP contribution in [0.2, 0.25) is 0 Å². The third-order valence-corrected chi connectivity index (χ3v) is 5.56. The van der Waals surface area contributed by atoms with Crippen LogP contribution < -0.4 is 0 Å². The second-order valence-corrected chi connectivity index (χ2v) is 7.73. The molecule has 174 valence electrons. The molecule has 0 aliphatic carbocycles. The lowest BCUT2D eigenvalue weighted by Crippen LogP contribution is -2.49. The zero-order valence-corrected chi connectivity index (χ0v) is 19.5. The number of ether oxygens (including phenoxy) is 2. The average Bonchev–Trinajstić information content (AvgIpc) is 2.88. The van der Waals surface area contributed by atoms with E-state index in [1.165, 1.54) is 14.2 Å². The minimum absolute atomic E-state index is 0.178. The van der Waals surface area contributed by atoms with Gasteiger partial charge < -0.3 is 14.4 Å². The van der Waals surface area contributed by atoms with E-state index in [-0.39, 0.29) is 6.42 Å². The zero-order valence-electron chi connectivity index (χ0n) is 19.5. The molecule has 3 aromatic carbocycles. The lowest BCUT2D eigenvalue weighted by atomic mass is 10.0. The Hall–Kier alpha value is -4.11. The number of hydrogen-bond acceptors (Lipinski definition) is 5. The van der Waals surface area contributed by atoms with Gasteiger partial charge in [-0.1, -0.05) is 67.4 Å². The van der Waals surface area contributed by atoms with Gasteiger partial charge in [0.25, 0.3) is 5.91 Å². The summed E-state index contributed by atoms with van der Waals surface area (Å²) in [5.74, 6) is 3.47. The number of carbonyl (C=O) groups excluding carboxylic acids is 3. The molecule has 0 heterocycles. The Kier molecular flexibility index (Phi) is 8.42. The van der Waals surface area contributed by atoms with Crippen LogP contribution >= 0.6 is 0 Å². The number of carbonyl (C=O) groups is 3. The van der Waals surface area contributed by atoms with Gasteiger partial charge in [-0.2, -0.15) is 0 Å². The summed E-state index contributed by atoms with van der Waals surface area (Å²) in [6, 6.07) is 20.2. The molecule has 0 bridgehead atoms. The first-order chi connectivity index (χ1) is 16.4. The summed E-state index contributed by atoms with van der Waals surface area (Å²) in [6.45, 7) is 1.63. The second kappa shape index (κ2) is 11.7. The molecule has 1 unspecified atom stereocenters. The first-order valence-corrected chi connectivity index (χ1v) is 11.0. The smallest absolute Gasteiger partial charge is 0.328 e. The quantitative estimate of drug-likeness (QED) is 0.401. The predicted octanol–water partition coefficient (Wildman–Crippen LogP) is 3.54. The maximum atomic E-state index is 13.1. The number of hydrogen-bond donors (Lipinski definition) is 0. The van der Waals surface area contributed by atoms with Gasteiger partial charge in [0.1, 0.15) is 12.6 Å². The van der Waals surface area contributed by atoms with Crippen LogP contribution in [-0.4, -0.2) is 49.6 Å². The Labute approximate surface area is 199 Å². The third-order valence-electron chi connectivity index (χ3n) is 5.56. The molecule has 6 nitrogen and oxygen atoms in total. The maximum absolute atomic E-state index is 13.1. The van der Waals surface area contributed by atoms with E-state index in [9.17, 15) is 14.4 Å². The Morgan fingerprint density at radius 3 is 2.21 bits per heavy atom. The van der Waals surface area contributed by atoms with Crippen LogP contribution in [0.1, 0.15) is 23.6 Å². The third kappa shape index (κ3) is 6.23. The summed E-state index contributed by atoms with van der Waals surface area (Å²) >= 11 is 0. The molecule has 0 saturated heterocycles. The van der Waals surface area contributed by atoms with E-state index >= 15 is 0 Å². The first kappa shape index (κ1) is 24.5. The fourth-order valence-corrected chi connectivity index (χ4v) is 3.58. The van der Waals surface area contributed by atoms with Crippen LogP contribution in [0.3, 0.4) is 0 Å². The summed E-state index contributed by atoms with van der Waals surface area (Å²) in [5.41, 5.74) is 2.63. The summed E-state index contributed by atoms with van der Waals surface area (Å²) in [6.07, 6.45) is 1.06. The summed E-state index contributed by atoms with van der Waals surface area (Å²) in [7, 11) is 2.47. The van der Waals surface area contributed by atoms with Gasteiger partial charge in [0.2, 0.25) is 0 Å². The molecule has 1 amide bonds. The van der Waals surface area contributed by atoms with Gasteiger partial charge in [0.15, 0.2) is 0 Å². The number of rotatable bonds is 7. The molecule has 0 spiro atoms. The van der Waals surface area contributed by atoms with Gasteiger partial charge in [-0.15, -0.1) is 0 Å². The van der Waals surface area contributed by atoms with E-state index in [2.05, 4.69) is 18.8 Å². The van der Waals surface area contributed by atoms with Crippen molar-refractivity contribution in [2.24, 2.45) is 0 Å². The number of benzene rings is 3. The number of esters is 2. The van der Waals surface area contributed by atoms with Crippen molar-refractivity contribution >= 4 is 28.6 Å². The molecule has 0 fully saturated rings. The molecule has 6 heteroatoms. The minimum atomic E-state index is -1.03. The van der Waals surface area contributed by atoms with E-state index in [4.69, 9.17) is 9.47 Å². The van der Waals surface area contributed by atoms with Crippen molar-refractivity contribution in [1.82, 2.24) is 4.90 Å². The van der Waals surface area contributed by atoms with Gasteiger partial charge in [-0.25, -0.2) is 4.79 Å². The largest absolute Gasteiger partial charge is 0.468 e. The predicted molar refractivity (Wildman–Crippen MR) is 130 cm³/mol. The molecule has 3 aromatic rings. The van der Waals surface area contributed by atoms with Crippen molar-refractivity contribution in [3.8, 4) is 11.8 Å². The van der Waals surface area contributed by atoms with Crippen molar-refractivity contribution in [1.29, 1.82) is 0 Å². The number of amides is 1. The summed E-state index contributed by atoms with van der Waals surface area (Å²) < 4.78 is 9.71. The topological polar surface area (TPSA) is 72.9 Å². The Bertz CT molecular complexity index is 1240. The van der Waals surface area contributed by atoms with Gasteiger partial charge in [0.05, 0.1) is 14.2 Å². The Balaban J connectivity index is 1.91.